The van der Waals surface area contributed by atoms with Crippen molar-refractivity contribution in [1.82, 2.24) is 0 Å². The van der Waals surface area contributed by atoms with E-state index in [4.69, 9.17) is 30.2 Å². The second kappa shape index (κ2) is 10.8. The predicted octanol–water partition coefficient (Wildman–Crippen LogP) is 5.60. The van der Waals surface area contributed by atoms with Crippen LogP contribution in [0.15, 0.2) is 82.5 Å². The number of rotatable bonds is 8. The largest absolute Gasteiger partial charge is 0.503 e. The number of benzene rings is 3. The summed E-state index contributed by atoms with van der Waals surface area (Å²) in [6.07, 6.45) is 0.0524. The first-order valence-corrected chi connectivity index (χ1v) is 12.5. The maximum atomic E-state index is 13.9. The van der Waals surface area contributed by atoms with Crippen LogP contribution in [-0.4, -0.2) is 44.1 Å². The minimum Gasteiger partial charge on any atom is -0.503 e. The van der Waals surface area contributed by atoms with E-state index in [2.05, 4.69) is 0 Å². The zero-order valence-corrected chi connectivity index (χ0v) is 22.5. The number of hydrogen-bond donors (Lipinski definition) is 1. The Kier molecular flexibility index (Phi) is 7.23. The van der Waals surface area contributed by atoms with Gasteiger partial charge in [-0.3, -0.25) is 19.3 Å². The van der Waals surface area contributed by atoms with Crippen molar-refractivity contribution in [3.63, 3.8) is 0 Å². The Hall–Kier alpha value is -4.76. The van der Waals surface area contributed by atoms with Crippen molar-refractivity contribution >= 4 is 45.9 Å². The van der Waals surface area contributed by atoms with Gasteiger partial charge >= 0.3 is 5.97 Å². The summed E-state index contributed by atoms with van der Waals surface area (Å²) in [5.41, 5.74) is 1.73. The molecule has 1 aliphatic rings. The van der Waals surface area contributed by atoms with E-state index < -0.39 is 29.5 Å². The summed E-state index contributed by atoms with van der Waals surface area (Å²) in [5.74, 6) is -1.84. The molecule has 0 radical (unpaired) electrons. The minimum atomic E-state index is -1.01. The summed E-state index contributed by atoms with van der Waals surface area (Å²) in [6, 6.07) is 17.1. The molecule has 0 spiro atoms. The fourth-order valence-electron chi connectivity index (χ4n) is 4.73. The number of carbonyl (C=O) groups is 3. The Morgan fingerprint density at radius 2 is 1.75 bits per heavy atom. The van der Waals surface area contributed by atoms with Crippen LogP contribution in [0.25, 0.3) is 11.0 Å². The molecule has 40 heavy (non-hydrogen) atoms. The monoisotopic (exact) mass is 561 g/mol. The maximum Gasteiger partial charge on any atom is 0.309 e. The number of anilines is 1. The first-order valence-electron chi connectivity index (χ1n) is 12.1. The number of amides is 1. The third-order valence-electron chi connectivity index (χ3n) is 6.64. The van der Waals surface area contributed by atoms with Gasteiger partial charge in [0.25, 0.3) is 5.91 Å². The lowest BCUT2D eigenvalue weighted by atomic mass is 9.94. The van der Waals surface area contributed by atoms with Crippen molar-refractivity contribution in [1.29, 1.82) is 0 Å². The summed E-state index contributed by atoms with van der Waals surface area (Å²) >= 11 is 6.18. The molecular weight excluding hydrogens is 538 g/mol. The highest BCUT2D eigenvalue weighted by Gasteiger charge is 2.45. The zero-order valence-electron chi connectivity index (χ0n) is 21.8. The number of halogens is 1. The van der Waals surface area contributed by atoms with Gasteiger partial charge in [-0.05, 0) is 47.5 Å². The van der Waals surface area contributed by atoms with Gasteiger partial charge in [-0.15, -0.1) is 0 Å². The zero-order chi connectivity index (χ0) is 28.6. The number of methoxy groups -OCH3 is 3. The number of ketones is 1. The molecule has 2 heterocycles. The fourth-order valence-corrected chi connectivity index (χ4v) is 4.94. The number of aliphatic hydroxyl groups excluding tert-OH is 1. The standard InChI is InChI=1S/C30H24ClNO8/c1-37-21-6-4-5-17(13-21)26-25(27(34)22-14-18-12-19(31)15-23(38-2)29(18)40-22)28(35)30(36)32(26)20-9-7-16(8-10-20)11-24(33)39-3/h4-10,12-15,26,35H,11H2,1-3H3. The van der Waals surface area contributed by atoms with Gasteiger partial charge in [-0.2, -0.15) is 0 Å². The summed E-state index contributed by atoms with van der Waals surface area (Å²) in [6.45, 7) is 0. The van der Waals surface area contributed by atoms with E-state index >= 15 is 0 Å². The van der Waals surface area contributed by atoms with Gasteiger partial charge in [0.1, 0.15) is 5.75 Å². The van der Waals surface area contributed by atoms with Crippen molar-refractivity contribution in [2.45, 2.75) is 12.5 Å². The van der Waals surface area contributed by atoms with E-state index in [0.717, 1.165) is 0 Å². The molecule has 9 nitrogen and oxygen atoms in total. The van der Waals surface area contributed by atoms with Crippen LogP contribution in [0.2, 0.25) is 5.02 Å². The normalized spacial score (nSPS) is 15.1. The summed E-state index contributed by atoms with van der Waals surface area (Å²) < 4.78 is 21.3. The molecule has 1 unspecified atom stereocenters. The highest BCUT2D eigenvalue weighted by molar-refractivity contribution is 6.31. The summed E-state index contributed by atoms with van der Waals surface area (Å²) in [5, 5.41) is 12.0. The van der Waals surface area contributed by atoms with E-state index in [1.54, 1.807) is 60.7 Å². The molecule has 1 aromatic heterocycles. The molecule has 3 aromatic carbocycles. The third-order valence-corrected chi connectivity index (χ3v) is 6.86. The molecule has 10 heteroatoms. The number of hydrogen-bond acceptors (Lipinski definition) is 8. The average Bonchev–Trinajstić information content (AvgIpc) is 3.51. The highest BCUT2D eigenvalue weighted by atomic mass is 35.5. The van der Waals surface area contributed by atoms with E-state index in [1.165, 1.54) is 32.3 Å². The number of furan rings is 1. The van der Waals surface area contributed by atoms with Crippen molar-refractivity contribution in [2.24, 2.45) is 0 Å². The average molecular weight is 562 g/mol. The van der Waals surface area contributed by atoms with Crippen LogP contribution in [0.4, 0.5) is 5.69 Å². The van der Waals surface area contributed by atoms with Crippen LogP contribution < -0.4 is 14.4 Å². The van der Waals surface area contributed by atoms with Gasteiger partial charge < -0.3 is 23.7 Å². The molecule has 4 aromatic rings. The lowest BCUT2D eigenvalue weighted by molar-refractivity contribution is -0.139. The molecule has 0 saturated carbocycles. The molecule has 0 fully saturated rings. The predicted molar refractivity (Wildman–Crippen MR) is 147 cm³/mol. The maximum absolute atomic E-state index is 13.9. The molecule has 204 valence electrons. The Morgan fingerprint density at radius 3 is 2.42 bits per heavy atom. The molecule has 1 atom stereocenters. The fraction of sp³-hybridized carbons (Fsp3) is 0.167. The van der Waals surface area contributed by atoms with E-state index in [1.807, 2.05) is 0 Å². The molecule has 1 aliphatic heterocycles. The lowest BCUT2D eigenvalue weighted by Gasteiger charge is -2.27. The lowest BCUT2D eigenvalue weighted by Crippen LogP contribution is -2.31. The molecule has 0 aliphatic carbocycles. The van der Waals surface area contributed by atoms with Gasteiger partial charge in [0.2, 0.25) is 5.78 Å². The van der Waals surface area contributed by atoms with Gasteiger partial charge in [0, 0.05) is 22.2 Å². The van der Waals surface area contributed by atoms with E-state index in [9.17, 15) is 19.5 Å². The SMILES string of the molecule is COC(=O)Cc1ccc(N2C(=O)C(O)=C(C(=O)c3cc4cc(Cl)cc(OC)c4o3)C2c2cccc(OC)c2)cc1. The minimum absolute atomic E-state index is 0.0524. The van der Waals surface area contributed by atoms with Crippen LogP contribution in [0, 0.1) is 0 Å². The van der Waals surface area contributed by atoms with E-state index in [-0.39, 0.29) is 17.8 Å². The topological polar surface area (TPSA) is 116 Å². The van der Waals surface area contributed by atoms with Crippen LogP contribution >= 0.6 is 11.6 Å². The molecular formula is C30H24ClNO8. The number of carbonyl (C=O) groups excluding carboxylic acids is 3. The molecule has 0 bridgehead atoms. The molecule has 0 saturated heterocycles. The van der Waals surface area contributed by atoms with Crippen LogP contribution in [-0.2, 0) is 20.7 Å². The first-order chi connectivity index (χ1) is 19.2. The quantitative estimate of drug-likeness (QED) is 0.218. The smallest absolute Gasteiger partial charge is 0.309 e. The number of Topliss-reactive ketones (excluding diaryl/α,β-unsaturated/α-hetero) is 1. The Balaban J connectivity index is 1.61. The van der Waals surface area contributed by atoms with Gasteiger partial charge in [0.15, 0.2) is 22.9 Å². The first kappa shape index (κ1) is 26.8. The molecule has 1 N–H and O–H groups in total. The second-order valence-electron chi connectivity index (χ2n) is 9.00. The Morgan fingerprint density at radius 1 is 1.00 bits per heavy atom. The number of fused-ring (bicyclic) bond motifs is 1. The third kappa shape index (κ3) is 4.76. The van der Waals surface area contributed by atoms with Crippen LogP contribution in [0.1, 0.15) is 27.7 Å². The Labute approximate surface area is 234 Å². The van der Waals surface area contributed by atoms with Crippen LogP contribution in [0.5, 0.6) is 11.5 Å². The highest BCUT2D eigenvalue weighted by Crippen LogP contribution is 2.43. The van der Waals surface area contributed by atoms with Crippen molar-refractivity contribution < 1.29 is 38.1 Å². The van der Waals surface area contributed by atoms with Crippen molar-refractivity contribution in [2.75, 3.05) is 26.2 Å². The summed E-state index contributed by atoms with van der Waals surface area (Å²) in [7, 11) is 4.26. The molecule has 5 rings (SSSR count). The van der Waals surface area contributed by atoms with Crippen molar-refractivity contribution in [3.05, 3.63) is 100.0 Å². The molecule has 1 amide bonds. The van der Waals surface area contributed by atoms with Gasteiger partial charge in [0.05, 0.1) is 39.4 Å². The second-order valence-corrected chi connectivity index (χ2v) is 9.44. The number of ether oxygens (including phenoxy) is 3. The van der Waals surface area contributed by atoms with Gasteiger partial charge in [-0.25, -0.2) is 0 Å². The number of aliphatic hydroxyl groups is 1. The van der Waals surface area contributed by atoms with Gasteiger partial charge in [-0.1, -0.05) is 35.9 Å². The number of esters is 1. The summed E-state index contributed by atoms with van der Waals surface area (Å²) in [4.78, 5) is 40.5. The van der Waals surface area contributed by atoms with E-state index in [0.29, 0.717) is 44.3 Å². The Bertz CT molecular complexity index is 1670. The van der Waals surface area contributed by atoms with Crippen molar-refractivity contribution in [3.8, 4) is 11.5 Å². The number of nitrogens with zero attached hydrogens (tertiary/aromatic N) is 1. The van der Waals surface area contributed by atoms with Crippen LogP contribution in [0.3, 0.4) is 0 Å².